The first-order valence-electron chi connectivity index (χ1n) is 8.08. The maximum atomic E-state index is 12.3. The Morgan fingerprint density at radius 2 is 2.10 bits per heavy atom. The molecule has 2 unspecified atom stereocenters. The number of nitrogens with one attached hydrogen (secondary N) is 1. The first-order chi connectivity index (χ1) is 9.35. The van der Waals surface area contributed by atoms with Crippen molar-refractivity contribution in [1.29, 1.82) is 0 Å². The van der Waals surface area contributed by atoms with Crippen LogP contribution in [0.4, 0.5) is 4.79 Å². The molecule has 1 heterocycles. The molecule has 1 aliphatic heterocycles. The van der Waals surface area contributed by atoms with Gasteiger partial charge in [-0.25, -0.2) is 4.79 Å². The molecule has 0 aliphatic carbocycles. The number of hydrogen-bond acceptors (Lipinski definition) is 3. The zero-order valence-corrected chi connectivity index (χ0v) is 13.9. The highest BCUT2D eigenvalue weighted by atomic mass is 16.6. The number of carbonyl (C=O) groups excluding carboxylic acids is 1. The molecular weight excluding hydrogens is 252 g/mol. The number of hydrogen-bond donors (Lipinski definition) is 1. The van der Waals surface area contributed by atoms with Crippen molar-refractivity contribution in [2.45, 2.75) is 84.4 Å². The molecule has 0 aromatic rings. The van der Waals surface area contributed by atoms with Gasteiger partial charge in [0.1, 0.15) is 5.60 Å². The van der Waals surface area contributed by atoms with Gasteiger partial charge in [0.25, 0.3) is 0 Å². The Hall–Kier alpha value is -0.770. The van der Waals surface area contributed by atoms with Crippen LogP contribution >= 0.6 is 0 Å². The van der Waals surface area contributed by atoms with Gasteiger partial charge in [0.05, 0.1) is 6.04 Å². The van der Waals surface area contributed by atoms with Crippen LogP contribution in [0, 0.1) is 0 Å². The summed E-state index contributed by atoms with van der Waals surface area (Å²) in [4.78, 5) is 14.3. The predicted molar refractivity (Wildman–Crippen MR) is 83.0 cm³/mol. The van der Waals surface area contributed by atoms with Crippen molar-refractivity contribution < 1.29 is 9.53 Å². The van der Waals surface area contributed by atoms with Crippen LogP contribution in [0.15, 0.2) is 0 Å². The van der Waals surface area contributed by atoms with Crippen LogP contribution in [0.1, 0.15) is 66.7 Å². The molecule has 1 fully saturated rings. The van der Waals surface area contributed by atoms with Crippen molar-refractivity contribution in [3.63, 3.8) is 0 Å². The Balaban J connectivity index is 2.59. The van der Waals surface area contributed by atoms with E-state index in [-0.39, 0.29) is 12.1 Å². The molecule has 0 bridgehead atoms. The molecule has 4 heteroatoms. The molecule has 1 N–H and O–H groups in total. The van der Waals surface area contributed by atoms with Crippen molar-refractivity contribution >= 4 is 6.09 Å². The van der Waals surface area contributed by atoms with E-state index in [0.717, 1.165) is 25.9 Å². The smallest absolute Gasteiger partial charge is 0.410 e. The molecule has 0 aromatic carbocycles. The second-order valence-corrected chi connectivity index (χ2v) is 6.83. The number of carbonyl (C=O) groups is 1. The van der Waals surface area contributed by atoms with Crippen molar-refractivity contribution in [3.05, 3.63) is 0 Å². The van der Waals surface area contributed by atoms with Gasteiger partial charge >= 0.3 is 6.09 Å². The molecule has 1 aliphatic rings. The first kappa shape index (κ1) is 17.3. The fraction of sp³-hybridized carbons (Fsp3) is 0.938. The van der Waals surface area contributed by atoms with Crippen LogP contribution in [0.2, 0.25) is 0 Å². The van der Waals surface area contributed by atoms with Crippen LogP contribution in [0.3, 0.4) is 0 Å². The summed E-state index contributed by atoms with van der Waals surface area (Å²) in [5, 5.41) is 3.55. The van der Waals surface area contributed by atoms with Gasteiger partial charge in [-0.3, -0.25) is 0 Å². The average molecular weight is 284 g/mol. The molecule has 0 saturated carbocycles. The zero-order valence-electron chi connectivity index (χ0n) is 13.9. The summed E-state index contributed by atoms with van der Waals surface area (Å²) < 4.78 is 5.54. The normalized spacial score (nSPS) is 21.6. The van der Waals surface area contributed by atoms with Crippen LogP contribution in [0.25, 0.3) is 0 Å². The number of nitrogens with zero attached hydrogens (tertiary/aromatic N) is 1. The monoisotopic (exact) mass is 284 g/mol. The van der Waals surface area contributed by atoms with Gasteiger partial charge in [0.2, 0.25) is 0 Å². The first-order valence-corrected chi connectivity index (χ1v) is 8.08. The average Bonchev–Trinajstić information content (AvgIpc) is 2.37. The Bertz CT molecular complexity index is 299. The summed E-state index contributed by atoms with van der Waals surface area (Å²) in [7, 11) is 0. The van der Waals surface area contributed by atoms with Crippen molar-refractivity contribution in [2.24, 2.45) is 0 Å². The van der Waals surface area contributed by atoms with Crippen molar-refractivity contribution in [3.8, 4) is 0 Å². The van der Waals surface area contributed by atoms with E-state index in [9.17, 15) is 4.79 Å². The maximum Gasteiger partial charge on any atom is 0.410 e. The van der Waals surface area contributed by atoms with Gasteiger partial charge in [-0.2, -0.15) is 0 Å². The fourth-order valence-corrected chi connectivity index (χ4v) is 2.67. The molecule has 20 heavy (non-hydrogen) atoms. The van der Waals surface area contributed by atoms with Gasteiger partial charge in [-0.05, 0) is 59.9 Å². The van der Waals surface area contributed by atoms with Crippen LogP contribution in [-0.2, 0) is 4.74 Å². The number of piperidine rings is 1. The van der Waals surface area contributed by atoms with Gasteiger partial charge in [0.15, 0.2) is 0 Å². The predicted octanol–water partition coefficient (Wildman–Crippen LogP) is 3.55. The molecule has 4 nitrogen and oxygen atoms in total. The minimum absolute atomic E-state index is 0.161. The lowest BCUT2D eigenvalue weighted by molar-refractivity contribution is 0.00562. The lowest BCUT2D eigenvalue weighted by Gasteiger charge is -2.40. The minimum Gasteiger partial charge on any atom is -0.444 e. The van der Waals surface area contributed by atoms with Gasteiger partial charge in [-0.15, -0.1) is 0 Å². The summed E-state index contributed by atoms with van der Waals surface area (Å²) in [6.45, 7) is 12.0. The highest BCUT2D eigenvalue weighted by Crippen LogP contribution is 2.22. The fourth-order valence-electron chi connectivity index (χ4n) is 2.67. The third-order valence-electron chi connectivity index (χ3n) is 3.75. The highest BCUT2D eigenvalue weighted by molar-refractivity contribution is 5.68. The minimum atomic E-state index is -0.419. The van der Waals surface area contributed by atoms with E-state index in [2.05, 4.69) is 19.2 Å². The number of ether oxygens (including phenoxy) is 1. The number of likely N-dealkylation sites (tertiary alicyclic amines) is 1. The third kappa shape index (κ3) is 5.70. The molecule has 2 atom stereocenters. The molecule has 0 aromatic heterocycles. The summed E-state index contributed by atoms with van der Waals surface area (Å²) in [6, 6.07) is 0.588. The molecule has 0 radical (unpaired) electrons. The Labute approximate surface area is 124 Å². The van der Waals surface area contributed by atoms with Crippen LogP contribution in [0.5, 0.6) is 0 Å². The lowest BCUT2D eigenvalue weighted by atomic mass is 9.97. The highest BCUT2D eigenvalue weighted by Gasteiger charge is 2.33. The van der Waals surface area contributed by atoms with E-state index >= 15 is 0 Å². The van der Waals surface area contributed by atoms with Crippen molar-refractivity contribution in [1.82, 2.24) is 10.2 Å². The van der Waals surface area contributed by atoms with E-state index in [0.29, 0.717) is 6.04 Å². The second kappa shape index (κ2) is 7.87. The largest absolute Gasteiger partial charge is 0.444 e. The van der Waals surface area contributed by atoms with E-state index < -0.39 is 5.60 Å². The molecule has 1 amide bonds. The van der Waals surface area contributed by atoms with E-state index in [1.165, 1.54) is 19.3 Å². The zero-order chi connectivity index (χ0) is 15.2. The second-order valence-electron chi connectivity index (χ2n) is 6.83. The molecule has 1 saturated heterocycles. The van der Waals surface area contributed by atoms with Gasteiger partial charge in [-0.1, -0.05) is 13.3 Å². The SMILES string of the molecule is CCCCNC(C)C1CCCCN1C(=O)OC(C)(C)C. The quantitative estimate of drug-likeness (QED) is 0.785. The van der Waals surface area contributed by atoms with Gasteiger partial charge in [0, 0.05) is 12.6 Å². The third-order valence-corrected chi connectivity index (χ3v) is 3.75. The van der Waals surface area contributed by atoms with Crippen LogP contribution < -0.4 is 5.32 Å². The Morgan fingerprint density at radius 3 is 2.70 bits per heavy atom. The van der Waals surface area contributed by atoms with E-state index in [1.807, 2.05) is 25.7 Å². The lowest BCUT2D eigenvalue weighted by Crippen LogP contribution is -2.54. The molecule has 118 valence electrons. The maximum absolute atomic E-state index is 12.3. The number of rotatable bonds is 5. The van der Waals surface area contributed by atoms with Gasteiger partial charge < -0.3 is 15.0 Å². The molecular formula is C16H32N2O2. The van der Waals surface area contributed by atoms with Crippen molar-refractivity contribution in [2.75, 3.05) is 13.1 Å². The summed E-state index contributed by atoms with van der Waals surface area (Å²) in [5.41, 5.74) is -0.419. The van der Waals surface area contributed by atoms with E-state index in [4.69, 9.17) is 4.74 Å². The van der Waals surface area contributed by atoms with E-state index in [1.54, 1.807) is 0 Å². The molecule has 1 rings (SSSR count). The summed E-state index contributed by atoms with van der Waals surface area (Å²) >= 11 is 0. The summed E-state index contributed by atoms with van der Waals surface area (Å²) in [5.74, 6) is 0. The Morgan fingerprint density at radius 1 is 1.40 bits per heavy atom. The number of amides is 1. The topological polar surface area (TPSA) is 41.6 Å². The number of unbranched alkanes of at least 4 members (excludes halogenated alkanes) is 1. The Kier molecular flexibility index (Phi) is 6.80. The summed E-state index contributed by atoms with van der Waals surface area (Å²) in [6.07, 6.45) is 5.57. The van der Waals surface area contributed by atoms with Crippen LogP contribution in [-0.4, -0.2) is 41.8 Å². The standard InChI is InChI=1S/C16H32N2O2/c1-6-7-11-17-13(2)14-10-8-9-12-18(14)15(19)20-16(3,4)5/h13-14,17H,6-12H2,1-5H3. The molecule has 0 spiro atoms.